The molecule has 6 heteroatoms. The van der Waals surface area contributed by atoms with Crippen LogP contribution in [-0.4, -0.2) is 29.8 Å². The second kappa shape index (κ2) is 5.99. The maximum Gasteiger partial charge on any atom is 0.259 e. The number of hydrogen-bond acceptors (Lipinski definition) is 5. The van der Waals surface area contributed by atoms with Crippen molar-refractivity contribution >= 4 is 16.5 Å². The Labute approximate surface area is 115 Å². The van der Waals surface area contributed by atoms with Crippen molar-refractivity contribution in [3.05, 3.63) is 33.6 Å². The summed E-state index contributed by atoms with van der Waals surface area (Å²) in [5.41, 5.74) is 2.26. The number of nitrogens with zero attached hydrogens (tertiary/aromatic N) is 2. The molecule has 2 heterocycles. The summed E-state index contributed by atoms with van der Waals surface area (Å²) in [5.74, 6) is 0. The lowest BCUT2D eigenvalue weighted by Gasteiger charge is -2.04. The average Bonchev–Trinajstić information content (AvgIpc) is 2.85. The highest BCUT2D eigenvalue weighted by Gasteiger charge is 2.09. The van der Waals surface area contributed by atoms with Crippen LogP contribution >= 0.6 is 11.3 Å². The number of hydrogen-bond donors (Lipinski definition) is 1. The molecule has 0 aromatic carbocycles. The van der Waals surface area contributed by atoms with Crippen LogP contribution in [0.15, 0.2) is 22.3 Å². The van der Waals surface area contributed by atoms with Crippen LogP contribution in [0.3, 0.4) is 0 Å². The predicted octanol–water partition coefficient (Wildman–Crippen LogP) is 1.88. The fourth-order valence-electron chi connectivity index (χ4n) is 1.66. The molecular weight excluding hydrogens is 262 g/mol. The van der Waals surface area contributed by atoms with Crippen LogP contribution in [0, 0.1) is 6.92 Å². The van der Waals surface area contributed by atoms with Gasteiger partial charge in [0.15, 0.2) is 5.13 Å². The predicted molar refractivity (Wildman–Crippen MR) is 77.9 cm³/mol. The van der Waals surface area contributed by atoms with Crippen molar-refractivity contribution < 1.29 is 4.74 Å². The Morgan fingerprint density at radius 2 is 2.26 bits per heavy atom. The van der Waals surface area contributed by atoms with E-state index >= 15 is 0 Å². The SMILES string of the molecule is COCCNc1nc(-c2ccc(C)n(C)c2=O)cs1. The third kappa shape index (κ3) is 3.02. The van der Waals surface area contributed by atoms with Gasteiger partial charge in [0.25, 0.3) is 5.56 Å². The van der Waals surface area contributed by atoms with Gasteiger partial charge < -0.3 is 14.6 Å². The molecule has 0 spiro atoms. The summed E-state index contributed by atoms with van der Waals surface area (Å²) < 4.78 is 6.60. The van der Waals surface area contributed by atoms with Gasteiger partial charge in [-0.1, -0.05) is 0 Å². The zero-order valence-corrected chi connectivity index (χ0v) is 12.1. The number of pyridine rings is 1. The van der Waals surface area contributed by atoms with E-state index in [9.17, 15) is 4.79 Å². The Balaban J connectivity index is 2.23. The number of rotatable bonds is 5. The molecule has 0 atom stereocenters. The van der Waals surface area contributed by atoms with E-state index in [2.05, 4.69) is 10.3 Å². The van der Waals surface area contributed by atoms with Gasteiger partial charge in [-0.2, -0.15) is 0 Å². The highest BCUT2D eigenvalue weighted by Crippen LogP contribution is 2.22. The van der Waals surface area contributed by atoms with Crippen LogP contribution in [0.1, 0.15) is 5.69 Å². The van der Waals surface area contributed by atoms with Crippen LogP contribution in [0.4, 0.5) is 5.13 Å². The monoisotopic (exact) mass is 279 g/mol. The zero-order chi connectivity index (χ0) is 13.8. The molecule has 2 aromatic rings. The average molecular weight is 279 g/mol. The molecule has 0 aliphatic rings. The van der Waals surface area contributed by atoms with Gasteiger partial charge >= 0.3 is 0 Å². The molecule has 0 saturated carbocycles. The molecule has 0 amide bonds. The van der Waals surface area contributed by atoms with Crippen LogP contribution < -0.4 is 10.9 Å². The first-order valence-electron chi connectivity index (χ1n) is 5.99. The van der Waals surface area contributed by atoms with Crippen LogP contribution in [0.25, 0.3) is 11.3 Å². The molecule has 1 N–H and O–H groups in total. The minimum Gasteiger partial charge on any atom is -0.383 e. The molecule has 19 heavy (non-hydrogen) atoms. The van der Waals surface area contributed by atoms with Crippen LogP contribution in [0.2, 0.25) is 0 Å². The molecule has 0 aliphatic heterocycles. The minimum atomic E-state index is -0.0197. The highest BCUT2D eigenvalue weighted by atomic mass is 32.1. The molecule has 2 rings (SSSR count). The van der Waals surface area contributed by atoms with Gasteiger partial charge in [-0.25, -0.2) is 4.98 Å². The molecule has 0 fully saturated rings. The van der Waals surface area contributed by atoms with Crippen molar-refractivity contribution in [1.82, 2.24) is 9.55 Å². The summed E-state index contributed by atoms with van der Waals surface area (Å²) >= 11 is 1.49. The third-order valence-corrected chi connectivity index (χ3v) is 3.72. The second-order valence-electron chi connectivity index (χ2n) is 4.21. The molecule has 5 nitrogen and oxygen atoms in total. The summed E-state index contributed by atoms with van der Waals surface area (Å²) in [4.78, 5) is 16.6. The topological polar surface area (TPSA) is 56.1 Å². The number of anilines is 1. The normalized spacial score (nSPS) is 10.7. The van der Waals surface area contributed by atoms with Crippen LogP contribution in [0.5, 0.6) is 0 Å². The van der Waals surface area contributed by atoms with Gasteiger partial charge in [0.2, 0.25) is 0 Å². The molecule has 102 valence electrons. The van der Waals surface area contributed by atoms with Crippen molar-refractivity contribution in [1.29, 1.82) is 0 Å². The van der Waals surface area contributed by atoms with Crippen molar-refractivity contribution in [2.45, 2.75) is 6.92 Å². The van der Waals surface area contributed by atoms with E-state index in [0.29, 0.717) is 24.4 Å². The lowest BCUT2D eigenvalue weighted by atomic mass is 10.2. The Morgan fingerprint density at radius 1 is 1.47 bits per heavy atom. The molecule has 0 unspecified atom stereocenters. The Bertz CT molecular complexity index is 619. The standard InChI is InChI=1S/C13H17N3O2S/c1-9-4-5-10(12(17)16(9)2)11-8-19-13(15-11)14-6-7-18-3/h4-5,8H,6-7H2,1-3H3,(H,14,15). The van der Waals surface area contributed by atoms with Gasteiger partial charge in [0.1, 0.15) is 0 Å². The number of methoxy groups -OCH3 is 1. The quantitative estimate of drug-likeness (QED) is 0.849. The zero-order valence-electron chi connectivity index (χ0n) is 11.3. The van der Waals surface area contributed by atoms with Gasteiger partial charge in [-0.15, -0.1) is 11.3 Å². The van der Waals surface area contributed by atoms with Crippen molar-refractivity contribution in [2.75, 3.05) is 25.6 Å². The first-order valence-corrected chi connectivity index (χ1v) is 6.87. The molecule has 0 bridgehead atoms. The number of nitrogens with one attached hydrogen (secondary N) is 1. The fraction of sp³-hybridized carbons (Fsp3) is 0.385. The number of aromatic nitrogens is 2. The first kappa shape index (κ1) is 13.8. The Kier molecular flexibility index (Phi) is 4.34. The highest BCUT2D eigenvalue weighted by molar-refractivity contribution is 7.14. The van der Waals surface area contributed by atoms with E-state index in [-0.39, 0.29) is 5.56 Å². The summed E-state index contributed by atoms with van der Waals surface area (Å²) in [6, 6.07) is 3.75. The molecular formula is C13H17N3O2S. The van der Waals surface area contributed by atoms with Gasteiger partial charge in [-0.05, 0) is 19.1 Å². The van der Waals surface area contributed by atoms with E-state index in [0.717, 1.165) is 10.8 Å². The second-order valence-corrected chi connectivity index (χ2v) is 5.07. The minimum absolute atomic E-state index is 0.0197. The summed E-state index contributed by atoms with van der Waals surface area (Å²) in [6.45, 7) is 3.24. The van der Waals surface area contributed by atoms with Crippen molar-refractivity contribution in [3.8, 4) is 11.3 Å². The van der Waals surface area contributed by atoms with E-state index in [1.54, 1.807) is 18.7 Å². The summed E-state index contributed by atoms with van der Waals surface area (Å²) in [7, 11) is 3.43. The lowest BCUT2D eigenvalue weighted by Crippen LogP contribution is -2.20. The van der Waals surface area contributed by atoms with Gasteiger partial charge in [-0.3, -0.25) is 4.79 Å². The summed E-state index contributed by atoms with van der Waals surface area (Å²) in [5, 5.41) is 5.85. The van der Waals surface area contributed by atoms with E-state index in [1.807, 2.05) is 24.4 Å². The number of thiazole rings is 1. The maximum atomic E-state index is 12.1. The molecule has 0 saturated heterocycles. The Hall–Kier alpha value is -1.66. The van der Waals surface area contributed by atoms with Crippen LogP contribution in [-0.2, 0) is 11.8 Å². The molecule has 0 aliphatic carbocycles. The van der Waals surface area contributed by atoms with E-state index in [4.69, 9.17) is 4.74 Å². The van der Waals surface area contributed by atoms with Gasteiger partial charge in [0.05, 0.1) is 17.9 Å². The first-order chi connectivity index (χ1) is 9.13. The Morgan fingerprint density at radius 3 is 3.00 bits per heavy atom. The van der Waals surface area contributed by atoms with Gasteiger partial charge in [0, 0.05) is 31.8 Å². The maximum absolute atomic E-state index is 12.1. The van der Waals surface area contributed by atoms with Crippen molar-refractivity contribution in [3.63, 3.8) is 0 Å². The fourth-order valence-corrected chi connectivity index (χ4v) is 2.40. The third-order valence-electron chi connectivity index (χ3n) is 2.92. The molecule has 0 radical (unpaired) electrons. The smallest absolute Gasteiger partial charge is 0.259 e. The van der Waals surface area contributed by atoms with Crippen molar-refractivity contribution in [2.24, 2.45) is 7.05 Å². The number of ether oxygens (including phenoxy) is 1. The lowest BCUT2D eigenvalue weighted by molar-refractivity contribution is 0.211. The summed E-state index contributed by atoms with van der Waals surface area (Å²) in [6.07, 6.45) is 0. The van der Waals surface area contributed by atoms with E-state index < -0.39 is 0 Å². The largest absolute Gasteiger partial charge is 0.383 e. The van der Waals surface area contributed by atoms with E-state index in [1.165, 1.54) is 11.3 Å². The molecule has 2 aromatic heterocycles. The number of aryl methyl sites for hydroxylation is 1.